The Morgan fingerprint density at radius 2 is 2.60 bits per heavy atom. The van der Waals surface area contributed by atoms with Crippen LogP contribution in [0.15, 0.2) is 0 Å². The Morgan fingerprint density at radius 3 is 3.10 bits per heavy atom. The number of aromatic nitrogens is 4. The first kappa shape index (κ1) is 6.66. The number of nitrogens with one attached hydrogen (secondary N) is 1. The minimum atomic E-state index is 0.230. The summed E-state index contributed by atoms with van der Waals surface area (Å²) < 4.78 is 1.45. The van der Waals surface area contributed by atoms with E-state index in [4.69, 9.17) is 0 Å². The van der Waals surface area contributed by atoms with Crippen molar-refractivity contribution in [1.82, 2.24) is 20.2 Å². The fourth-order valence-corrected chi connectivity index (χ4v) is 0.512. The third-order valence-corrected chi connectivity index (χ3v) is 0.964. The molecule has 1 rings (SSSR count). The maximum Gasteiger partial charge on any atom is 0.243 e. The zero-order chi connectivity index (χ0) is 7.40. The Hall–Kier alpha value is -1.46. The molecule has 6 nitrogen and oxygen atoms in total. The summed E-state index contributed by atoms with van der Waals surface area (Å²) in [5, 5.41) is 13.2. The highest BCUT2D eigenvalue weighted by molar-refractivity contribution is 5.56. The number of tetrazole rings is 1. The normalized spacial score (nSPS) is 9.30. The summed E-state index contributed by atoms with van der Waals surface area (Å²) >= 11 is 0. The molecule has 0 saturated heterocycles. The van der Waals surface area contributed by atoms with Gasteiger partial charge in [0.1, 0.15) is 6.29 Å². The maximum atomic E-state index is 9.87. The van der Waals surface area contributed by atoms with E-state index in [1.54, 1.807) is 7.05 Å². The fourth-order valence-electron chi connectivity index (χ4n) is 0.512. The van der Waals surface area contributed by atoms with E-state index in [9.17, 15) is 4.79 Å². The van der Waals surface area contributed by atoms with Crippen LogP contribution in [0.4, 0.5) is 5.95 Å². The van der Waals surface area contributed by atoms with E-state index < -0.39 is 0 Å². The molecule has 0 aliphatic rings. The van der Waals surface area contributed by atoms with Crippen LogP contribution in [0.5, 0.6) is 0 Å². The second-order valence-corrected chi connectivity index (χ2v) is 1.67. The van der Waals surface area contributed by atoms with Gasteiger partial charge in [0.2, 0.25) is 5.95 Å². The molecular formula is C4H7N5O. The van der Waals surface area contributed by atoms with Gasteiger partial charge in [-0.3, -0.25) is 0 Å². The van der Waals surface area contributed by atoms with E-state index in [1.807, 2.05) is 0 Å². The summed E-state index contributed by atoms with van der Waals surface area (Å²) in [5.41, 5.74) is 0. The van der Waals surface area contributed by atoms with Crippen LogP contribution in [0, 0.1) is 0 Å². The molecular weight excluding hydrogens is 134 g/mol. The average molecular weight is 141 g/mol. The summed E-state index contributed by atoms with van der Waals surface area (Å²) in [6, 6.07) is 0. The molecule has 0 amide bonds. The van der Waals surface area contributed by atoms with Gasteiger partial charge in [-0.2, -0.15) is 0 Å². The third kappa shape index (κ3) is 1.28. The van der Waals surface area contributed by atoms with Gasteiger partial charge in [-0.15, -0.1) is 0 Å². The van der Waals surface area contributed by atoms with Gasteiger partial charge in [0.05, 0.1) is 6.54 Å². The summed E-state index contributed by atoms with van der Waals surface area (Å²) in [6.45, 7) is 0.230. The van der Waals surface area contributed by atoms with Crippen molar-refractivity contribution >= 4 is 12.2 Å². The lowest BCUT2D eigenvalue weighted by molar-refractivity contribution is -0.106. The topological polar surface area (TPSA) is 72.7 Å². The number of nitrogens with zero attached hydrogens (tertiary/aromatic N) is 4. The Balaban J connectivity index is 2.56. The first-order chi connectivity index (χ1) is 4.84. The van der Waals surface area contributed by atoms with Gasteiger partial charge < -0.3 is 10.1 Å². The number of carbonyl (C=O) groups is 1. The van der Waals surface area contributed by atoms with Crippen molar-refractivity contribution in [2.75, 3.05) is 11.9 Å². The molecule has 0 fully saturated rings. The number of aldehydes is 1. The predicted octanol–water partition coefficient (Wildman–Crippen LogP) is -1.18. The standard InChI is InChI=1S/C4H7N5O/c1-9-4(5-2-3-10)6-7-8-9/h3H,2H2,1H3,(H,5,6,8). The van der Waals surface area contributed by atoms with Crippen molar-refractivity contribution in [2.24, 2.45) is 7.05 Å². The second-order valence-electron chi connectivity index (χ2n) is 1.67. The van der Waals surface area contributed by atoms with E-state index in [0.717, 1.165) is 6.29 Å². The van der Waals surface area contributed by atoms with E-state index in [0.29, 0.717) is 5.95 Å². The summed E-state index contributed by atoms with van der Waals surface area (Å²) in [5.74, 6) is 0.493. The van der Waals surface area contributed by atoms with Crippen molar-refractivity contribution in [3.05, 3.63) is 0 Å². The molecule has 1 aromatic heterocycles. The average Bonchev–Trinajstić information content (AvgIpc) is 2.31. The molecule has 54 valence electrons. The first-order valence-corrected chi connectivity index (χ1v) is 2.74. The highest BCUT2D eigenvalue weighted by Crippen LogP contribution is 1.92. The molecule has 0 bridgehead atoms. The van der Waals surface area contributed by atoms with Crippen LogP contribution in [0.2, 0.25) is 0 Å². The molecule has 1 aromatic rings. The maximum absolute atomic E-state index is 9.87. The molecule has 0 spiro atoms. The van der Waals surface area contributed by atoms with Crippen LogP contribution < -0.4 is 5.32 Å². The van der Waals surface area contributed by atoms with E-state index in [1.165, 1.54) is 4.68 Å². The minimum Gasteiger partial charge on any atom is -0.346 e. The van der Waals surface area contributed by atoms with Gasteiger partial charge in [-0.25, -0.2) is 4.68 Å². The Bertz CT molecular complexity index is 219. The van der Waals surface area contributed by atoms with E-state index in [-0.39, 0.29) is 6.54 Å². The van der Waals surface area contributed by atoms with Crippen molar-refractivity contribution in [1.29, 1.82) is 0 Å². The SMILES string of the molecule is Cn1nnnc1NCC=O. The molecule has 1 heterocycles. The molecule has 0 radical (unpaired) electrons. The van der Waals surface area contributed by atoms with Gasteiger partial charge in [0, 0.05) is 7.05 Å². The van der Waals surface area contributed by atoms with Crippen molar-refractivity contribution in [3.8, 4) is 0 Å². The number of rotatable bonds is 3. The summed E-state index contributed by atoms with van der Waals surface area (Å²) in [7, 11) is 1.69. The Morgan fingerprint density at radius 1 is 1.80 bits per heavy atom. The van der Waals surface area contributed by atoms with Crippen LogP contribution in [0.1, 0.15) is 0 Å². The lowest BCUT2D eigenvalue weighted by Crippen LogP contribution is -2.07. The molecule has 1 N–H and O–H groups in total. The van der Waals surface area contributed by atoms with Crippen LogP contribution in [0.3, 0.4) is 0 Å². The fraction of sp³-hybridized carbons (Fsp3) is 0.500. The second kappa shape index (κ2) is 2.90. The molecule has 0 aliphatic carbocycles. The zero-order valence-electron chi connectivity index (χ0n) is 5.48. The monoisotopic (exact) mass is 141 g/mol. The highest BCUT2D eigenvalue weighted by atomic mass is 16.1. The van der Waals surface area contributed by atoms with Crippen LogP contribution in [-0.4, -0.2) is 33.0 Å². The van der Waals surface area contributed by atoms with Gasteiger partial charge in [0.25, 0.3) is 0 Å². The highest BCUT2D eigenvalue weighted by Gasteiger charge is 1.96. The summed E-state index contributed by atoms with van der Waals surface area (Å²) in [4.78, 5) is 9.87. The molecule has 6 heteroatoms. The molecule has 10 heavy (non-hydrogen) atoms. The van der Waals surface area contributed by atoms with E-state index >= 15 is 0 Å². The molecule has 0 unspecified atom stereocenters. The van der Waals surface area contributed by atoms with Crippen LogP contribution in [0.25, 0.3) is 0 Å². The first-order valence-electron chi connectivity index (χ1n) is 2.74. The largest absolute Gasteiger partial charge is 0.346 e. The van der Waals surface area contributed by atoms with Gasteiger partial charge in [-0.05, 0) is 10.4 Å². The molecule has 0 atom stereocenters. The number of hydrogen-bond donors (Lipinski definition) is 1. The molecule has 0 aromatic carbocycles. The Kier molecular flexibility index (Phi) is 1.93. The van der Waals surface area contributed by atoms with Crippen molar-refractivity contribution in [2.45, 2.75) is 0 Å². The van der Waals surface area contributed by atoms with Crippen LogP contribution >= 0.6 is 0 Å². The van der Waals surface area contributed by atoms with Gasteiger partial charge in [-0.1, -0.05) is 5.10 Å². The number of aryl methyl sites for hydroxylation is 1. The quantitative estimate of drug-likeness (QED) is 0.536. The van der Waals surface area contributed by atoms with Gasteiger partial charge >= 0.3 is 0 Å². The zero-order valence-corrected chi connectivity index (χ0v) is 5.48. The lowest BCUT2D eigenvalue weighted by atomic mass is 10.7. The van der Waals surface area contributed by atoms with Crippen molar-refractivity contribution < 1.29 is 4.79 Å². The minimum absolute atomic E-state index is 0.230. The number of hydrogen-bond acceptors (Lipinski definition) is 5. The van der Waals surface area contributed by atoms with Crippen LogP contribution in [-0.2, 0) is 11.8 Å². The lowest BCUT2D eigenvalue weighted by Gasteiger charge is -1.95. The molecule has 0 aliphatic heterocycles. The van der Waals surface area contributed by atoms with E-state index in [2.05, 4.69) is 20.8 Å². The molecule has 0 saturated carbocycles. The summed E-state index contributed by atoms with van der Waals surface area (Å²) in [6.07, 6.45) is 0.745. The smallest absolute Gasteiger partial charge is 0.243 e. The Labute approximate surface area is 57.2 Å². The third-order valence-electron chi connectivity index (χ3n) is 0.964. The van der Waals surface area contributed by atoms with Crippen molar-refractivity contribution in [3.63, 3.8) is 0 Å². The number of carbonyl (C=O) groups excluding carboxylic acids is 1. The predicted molar refractivity (Wildman–Crippen MR) is 33.4 cm³/mol. The van der Waals surface area contributed by atoms with Gasteiger partial charge in [0.15, 0.2) is 0 Å². The number of anilines is 1.